The maximum Gasteiger partial charge on any atom is 0.311 e. The van der Waals surface area contributed by atoms with Crippen LogP contribution >= 0.6 is 0 Å². The Bertz CT molecular complexity index is 396. The number of methoxy groups -OCH3 is 1. The number of carbonyl (C=O) groups excluding carboxylic acids is 1. The van der Waals surface area contributed by atoms with Gasteiger partial charge in [0.25, 0.3) is 0 Å². The largest absolute Gasteiger partial charge is 0.469 e. The van der Waals surface area contributed by atoms with E-state index in [1.165, 1.54) is 19.4 Å². The van der Waals surface area contributed by atoms with Crippen LogP contribution < -0.4 is 5.73 Å². The lowest BCUT2D eigenvalue weighted by molar-refractivity contribution is -0.139. The molecule has 0 amide bonds. The van der Waals surface area contributed by atoms with Crippen molar-refractivity contribution in [3.63, 3.8) is 0 Å². The molecule has 5 nitrogen and oxygen atoms in total. The van der Waals surface area contributed by atoms with Crippen LogP contribution in [-0.2, 0) is 16.0 Å². The Morgan fingerprint density at radius 3 is 3.07 bits per heavy atom. The minimum Gasteiger partial charge on any atom is -0.469 e. The molecule has 0 saturated heterocycles. The van der Waals surface area contributed by atoms with Gasteiger partial charge in [0.05, 0.1) is 36.7 Å². The maximum absolute atomic E-state index is 10.9. The predicted octanol–water partition coefficient (Wildman–Crippen LogP) is 0.251. The first kappa shape index (κ1) is 9.99. The lowest BCUT2D eigenvalue weighted by Crippen LogP contribution is -2.07. The summed E-state index contributed by atoms with van der Waals surface area (Å²) in [5.41, 5.74) is 6.56. The van der Waals surface area contributed by atoms with Gasteiger partial charge in [-0.1, -0.05) is 0 Å². The SMILES string of the molecule is COC(=O)Cc1cc(C#N)c(N)cn1. The van der Waals surface area contributed by atoms with Gasteiger partial charge in [0.2, 0.25) is 0 Å². The zero-order valence-corrected chi connectivity index (χ0v) is 7.65. The molecule has 1 rings (SSSR count). The van der Waals surface area contributed by atoms with Gasteiger partial charge in [0.1, 0.15) is 6.07 Å². The number of nitrogens with two attached hydrogens (primary N) is 1. The molecular formula is C9H9N3O2. The van der Waals surface area contributed by atoms with Crippen molar-refractivity contribution in [2.24, 2.45) is 0 Å². The number of esters is 1. The Labute approximate surface area is 81.1 Å². The number of rotatable bonds is 2. The van der Waals surface area contributed by atoms with Gasteiger partial charge in [-0.05, 0) is 6.07 Å². The molecule has 1 heterocycles. The molecule has 1 aromatic rings. The summed E-state index contributed by atoms with van der Waals surface area (Å²) < 4.78 is 4.46. The summed E-state index contributed by atoms with van der Waals surface area (Å²) in [4.78, 5) is 14.8. The minimum absolute atomic E-state index is 0.0471. The van der Waals surface area contributed by atoms with Gasteiger partial charge < -0.3 is 10.5 Å². The van der Waals surface area contributed by atoms with Gasteiger partial charge in [-0.2, -0.15) is 5.26 Å². The molecule has 0 unspecified atom stereocenters. The van der Waals surface area contributed by atoms with Gasteiger partial charge in [-0.25, -0.2) is 0 Å². The normalized spacial score (nSPS) is 9.14. The molecule has 0 spiro atoms. The average Bonchev–Trinajstić information content (AvgIpc) is 2.20. The fourth-order valence-corrected chi connectivity index (χ4v) is 0.923. The molecule has 0 aromatic carbocycles. The van der Waals surface area contributed by atoms with Crippen LogP contribution in [0.1, 0.15) is 11.3 Å². The number of carbonyl (C=O) groups is 1. The topological polar surface area (TPSA) is 89.0 Å². The molecule has 0 aliphatic rings. The van der Waals surface area contributed by atoms with Gasteiger partial charge >= 0.3 is 5.97 Å². The molecule has 0 atom stereocenters. The highest BCUT2D eigenvalue weighted by Gasteiger charge is 2.06. The number of ether oxygens (including phenoxy) is 1. The first-order valence-corrected chi connectivity index (χ1v) is 3.88. The van der Waals surface area contributed by atoms with E-state index in [2.05, 4.69) is 9.72 Å². The highest BCUT2D eigenvalue weighted by atomic mass is 16.5. The lowest BCUT2D eigenvalue weighted by atomic mass is 10.2. The minimum atomic E-state index is -0.397. The van der Waals surface area contributed by atoms with E-state index in [0.29, 0.717) is 16.9 Å². The third-order valence-electron chi connectivity index (χ3n) is 1.66. The van der Waals surface area contributed by atoms with Gasteiger partial charge in [-0.3, -0.25) is 9.78 Å². The van der Waals surface area contributed by atoms with Gasteiger partial charge in [0, 0.05) is 0 Å². The molecule has 14 heavy (non-hydrogen) atoms. The third kappa shape index (κ3) is 2.20. The van der Waals surface area contributed by atoms with Crippen molar-refractivity contribution >= 4 is 11.7 Å². The van der Waals surface area contributed by atoms with E-state index < -0.39 is 5.97 Å². The zero-order valence-electron chi connectivity index (χ0n) is 7.65. The van der Waals surface area contributed by atoms with Crippen LogP contribution in [0.25, 0.3) is 0 Å². The second kappa shape index (κ2) is 4.23. The van der Waals surface area contributed by atoms with Crippen LogP contribution in [0.3, 0.4) is 0 Å². The van der Waals surface area contributed by atoms with Crippen LogP contribution in [0.5, 0.6) is 0 Å². The first-order chi connectivity index (χ1) is 6.67. The van der Waals surface area contributed by atoms with Crippen molar-refractivity contribution in [2.75, 3.05) is 12.8 Å². The van der Waals surface area contributed by atoms with E-state index in [4.69, 9.17) is 11.0 Å². The van der Waals surface area contributed by atoms with Crippen molar-refractivity contribution in [3.05, 3.63) is 23.5 Å². The van der Waals surface area contributed by atoms with Gasteiger partial charge in [-0.15, -0.1) is 0 Å². The first-order valence-electron chi connectivity index (χ1n) is 3.88. The molecule has 1 aromatic heterocycles. The molecule has 72 valence electrons. The number of aromatic nitrogens is 1. The number of pyridine rings is 1. The molecule has 0 fully saturated rings. The molecule has 0 aliphatic carbocycles. The Kier molecular flexibility index (Phi) is 3.02. The molecular weight excluding hydrogens is 182 g/mol. The number of hydrogen-bond acceptors (Lipinski definition) is 5. The average molecular weight is 191 g/mol. The van der Waals surface area contributed by atoms with E-state index in [-0.39, 0.29) is 6.42 Å². The summed E-state index contributed by atoms with van der Waals surface area (Å²) in [7, 11) is 1.30. The van der Waals surface area contributed by atoms with Crippen LogP contribution in [0, 0.1) is 11.3 Å². The van der Waals surface area contributed by atoms with Crippen molar-refractivity contribution in [1.82, 2.24) is 4.98 Å². The fourth-order valence-electron chi connectivity index (χ4n) is 0.923. The van der Waals surface area contributed by atoms with Crippen LogP contribution in [0.15, 0.2) is 12.3 Å². The van der Waals surface area contributed by atoms with Crippen LogP contribution in [0.2, 0.25) is 0 Å². The summed E-state index contributed by atoms with van der Waals surface area (Å²) in [5.74, 6) is -0.397. The quantitative estimate of drug-likeness (QED) is 0.677. The molecule has 5 heteroatoms. The Hall–Kier alpha value is -2.09. The molecule has 0 aliphatic heterocycles. The molecule has 0 bridgehead atoms. The maximum atomic E-state index is 10.9. The number of nitrogens with zero attached hydrogens (tertiary/aromatic N) is 2. The summed E-state index contributed by atoms with van der Waals surface area (Å²) in [6.45, 7) is 0. The van der Waals surface area contributed by atoms with Crippen LogP contribution in [0.4, 0.5) is 5.69 Å². The summed E-state index contributed by atoms with van der Waals surface area (Å²) in [6, 6.07) is 3.39. The van der Waals surface area contributed by atoms with E-state index in [0.717, 1.165) is 0 Å². The second-order valence-electron chi connectivity index (χ2n) is 2.63. The van der Waals surface area contributed by atoms with Crippen molar-refractivity contribution < 1.29 is 9.53 Å². The number of nitriles is 1. The highest BCUT2D eigenvalue weighted by Crippen LogP contribution is 2.10. The zero-order chi connectivity index (χ0) is 10.6. The fraction of sp³-hybridized carbons (Fsp3) is 0.222. The highest BCUT2D eigenvalue weighted by molar-refractivity contribution is 5.72. The number of anilines is 1. The lowest BCUT2D eigenvalue weighted by Gasteiger charge is -2.01. The standard InChI is InChI=1S/C9H9N3O2/c1-14-9(13)3-7-2-6(4-10)8(11)5-12-7/h2,5H,3,11H2,1H3. The second-order valence-corrected chi connectivity index (χ2v) is 2.63. The Morgan fingerprint density at radius 2 is 2.50 bits per heavy atom. The summed E-state index contributed by atoms with van der Waals surface area (Å²) in [6.07, 6.45) is 1.41. The number of hydrogen-bond donors (Lipinski definition) is 1. The van der Waals surface area contributed by atoms with Crippen molar-refractivity contribution in [3.8, 4) is 6.07 Å². The van der Waals surface area contributed by atoms with E-state index in [9.17, 15) is 4.79 Å². The summed E-state index contributed by atoms with van der Waals surface area (Å²) >= 11 is 0. The smallest absolute Gasteiger partial charge is 0.311 e. The Balaban J connectivity index is 2.91. The van der Waals surface area contributed by atoms with Crippen molar-refractivity contribution in [2.45, 2.75) is 6.42 Å². The van der Waals surface area contributed by atoms with E-state index >= 15 is 0 Å². The molecule has 2 N–H and O–H groups in total. The third-order valence-corrected chi connectivity index (χ3v) is 1.66. The summed E-state index contributed by atoms with van der Waals surface area (Å²) in [5, 5.41) is 8.66. The van der Waals surface area contributed by atoms with Gasteiger partial charge in [0.15, 0.2) is 0 Å². The van der Waals surface area contributed by atoms with E-state index in [1.54, 1.807) is 0 Å². The number of nitrogen functional groups attached to an aromatic ring is 1. The molecule has 0 saturated carbocycles. The van der Waals surface area contributed by atoms with Crippen LogP contribution in [-0.4, -0.2) is 18.1 Å². The monoisotopic (exact) mass is 191 g/mol. The Morgan fingerprint density at radius 1 is 1.79 bits per heavy atom. The predicted molar refractivity (Wildman–Crippen MR) is 49.1 cm³/mol. The van der Waals surface area contributed by atoms with Crippen molar-refractivity contribution in [1.29, 1.82) is 5.26 Å². The molecule has 0 radical (unpaired) electrons. The van der Waals surface area contributed by atoms with E-state index in [1.807, 2.05) is 6.07 Å².